The summed E-state index contributed by atoms with van der Waals surface area (Å²) in [5, 5.41) is 13.1. The predicted molar refractivity (Wildman–Crippen MR) is 93.7 cm³/mol. The second kappa shape index (κ2) is 7.63. The van der Waals surface area contributed by atoms with Crippen molar-refractivity contribution in [3.05, 3.63) is 41.7 Å². The third kappa shape index (κ3) is 5.70. The van der Waals surface area contributed by atoms with E-state index >= 15 is 0 Å². The van der Waals surface area contributed by atoms with Gasteiger partial charge in [-0.15, -0.1) is 0 Å². The average molecular weight is 386 g/mol. The highest BCUT2D eigenvalue weighted by atomic mass is 28.3. The van der Waals surface area contributed by atoms with Crippen molar-refractivity contribution in [2.45, 2.75) is 38.6 Å². The van der Waals surface area contributed by atoms with Crippen LogP contribution in [0.15, 0.2) is 30.6 Å². The molecule has 0 aliphatic rings. The minimum Gasteiger partial charge on any atom is -0.478 e. The molecule has 0 amide bonds. The number of rotatable bonds is 7. The van der Waals surface area contributed by atoms with E-state index in [4.69, 9.17) is 9.84 Å². The normalized spacial score (nSPS) is 12.4. The first-order valence-electron chi connectivity index (χ1n) is 8.02. The first-order chi connectivity index (χ1) is 12.0. The van der Waals surface area contributed by atoms with Crippen molar-refractivity contribution in [1.82, 2.24) is 9.78 Å². The summed E-state index contributed by atoms with van der Waals surface area (Å²) in [6.07, 6.45) is -1.70. The summed E-state index contributed by atoms with van der Waals surface area (Å²) in [7, 11) is -1.20. The molecule has 1 heterocycles. The number of aromatic carboxylic acids is 1. The number of hydrogen-bond donors (Lipinski definition) is 1. The number of benzene rings is 1. The molecule has 0 saturated heterocycles. The van der Waals surface area contributed by atoms with Gasteiger partial charge in [0.2, 0.25) is 0 Å². The van der Waals surface area contributed by atoms with E-state index in [2.05, 4.69) is 24.7 Å². The predicted octanol–water partition coefficient (Wildman–Crippen LogP) is 4.58. The Labute approximate surface area is 150 Å². The molecule has 0 aliphatic carbocycles. The molecule has 0 unspecified atom stereocenters. The number of halogens is 3. The second-order valence-electron chi connectivity index (χ2n) is 7.22. The number of carboxylic acid groups (broad SMARTS) is 1. The van der Waals surface area contributed by atoms with Crippen molar-refractivity contribution >= 4 is 14.0 Å². The van der Waals surface area contributed by atoms with E-state index in [1.807, 2.05) is 0 Å². The van der Waals surface area contributed by atoms with Crippen molar-refractivity contribution in [3.63, 3.8) is 0 Å². The van der Waals surface area contributed by atoms with Crippen LogP contribution in [-0.4, -0.2) is 35.5 Å². The molecule has 0 aliphatic heterocycles. The molecule has 26 heavy (non-hydrogen) atoms. The SMILES string of the molecule is C[Si](C)(C)CCOCn1cc(-c2cc(C(=O)O)cc(C(F)(F)F)c2)cn1. The van der Waals surface area contributed by atoms with Crippen LogP contribution in [0.2, 0.25) is 25.7 Å². The lowest BCUT2D eigenvalue weighted by Crippen LogP contribution is -2.22. The average Bonchev–Trinajstić information content (AvgIpc) is 2.98. The van der Waals surface area contributed by atoms with Crippen LogP contribution < -0.4 is 0 Å². The molecule has 1 aromatic carbocycles. The Bertz CT molecular complexity index is 782. The topological polar surface area (TPSA) is 64.3 Å². The van der Waals surface area contributed by atoms with Crippen molar-refractivity contribution < 1.29 is 27.8 Å². The third-order valence-electron chi connectivity index (χ3n) is 3.69. The first kappa shape index (κ1) is 20.2. The van der Waals surface area contributed by atoms with Gasteiger partial charge in [-0.1, -0.05) is 19.6 Å². The van der Waals surface area contributed by atoms with Gasteiger partial charge in [-0.05, 0) is 29.8 Å². The van der Waals surface area contributed by atoms with Gasteiger partial charge in [0.05, 0.1) is 17.3 Å². The molecule has 9 heteroatoms. The van der Waals surface area contributed by atoms with Crippen molar-refractivity contribution in [1.29, 1.82) is 0 Å². The van der Waals surface area contributed by atoms with Gasteiger partial charge in [-0.25, -0.2) is 9.48 Å². The molecule has 0 saturated carbocycles. The highest BCUT2D eigenvalue weighted by Gasteiger charge is 2.32. The fourth-order valence-electron chi connectivity index (χ4n) is 2.20. The Kier molecular flexibility index (Phi) is 5.92. The van der Waals surface area contributed by atoms with E-state index in [1.54, 1.807) is 0 Å². The van der Waals surface area contributed by atoms with Crippen LogP contribution in [0.3, 0.4) is 0 Å². The Morgan fingerprint density at radius 3 is 2.50 bits per heavy atom. The molecular formula is C17H21F3N2O3Si. The lowest BCUT2D eigenvalue weighted by Gasteiger charge is -2.15. The lowest BCUT2D eigenvalue weighted by atomic mass is 10.0. The highest BCUT2D eigenvalue weighted by Crippen LogP contribution is 2.33. The number of hydrogen-bond acceptors (Lipinski definition) is 3. The van der Waals surface area contributed by atoms with Crippen LogP contribution in [0, 0.1) is 0 Å². The minimum atomic E-state index is -4.63. The van der Waals surface area contributed by atoms with E-state index in [9.17, 15) is 18.0 Å². The van der Waals surface area contributed by atoms with Gasteiger partial charge < -0.3 is 9.84 Å². The monoisotopic (exact) mass is 386 g/mol. The van der Waals surface area contributed by atoms with Gasteiger partial charge >= 0.3 is 12.1 Å². The summed E-state index contributed by atoms with van der Waals surface area (Å²) < 4.78 is 46.0. The summed E-state index contributed by atoms with van der Waals surface area (Å²) in [6, 6.07) is 3.73. The number of carbonyl (C=O) groups is 1. The van der Waals surface area contributed by atoms with Crippen LogP contribution in [0.4, 0.5) is 13.2 Å². The third-order valence-corrected chi connectivity index (χ3v) is 5.40. The van der Waals surface area contributed by atoms with Crippen molar-refractivity contribution in [2.75, 3.05) is 6.61 Å². The molecule has 2 rings (SSSR count). The Balaban J connectivity index is 2.17. The molecule has 0 fully saturated rings. The summed E-state index contributed by atoms with van der Waals surface area (Å²) in [5.41, 5.74) is -0.890. The van der Waals surface area contributed by atoms with Gasteiger partial charge in [0, 0.05) is 26.4 Å². The van der Waals surface area contributed by atoms with E-state index in [1.165, 1.54) is 23.1 Å². The Hall–Kier alpha value is -2.13. The highest BCUT2D eigenvalue weighted by molar-refractivity contribution is 6.76. The number of aromatic nitrogens is 2. The second-order valence-corrected chi connectivity index (χ2v) is 12.8. The van der Waals surface area contributed by atoms with E-state index < -0.39 is 31.3 Å². The maximum absolute atomic E-state index is 13.0. The summed E-state index contributed by atoms with van der Waals surface area (Å²) in [6.45, 7) is 7.48. The molecule has 1 aromatic heterocycles. The van der Waals surface area contributed by atoms with E-state index in [-0.39, 0.29) is 12.3 Å². The zero-order valence-electron chi connectivity index (χ0n) is 14.8. The molecule has 0 bridgehead atoms. The van der Waals surface area contributed by atoms with Gasteiger partial charge in [-0.3, -0.25) is 0 Å². The maximum atomic E-state index is 13.0. The molecule has 2 aromatic rings. The van der Waals surface area contributed by atoms with Crippen LogP contribution in [0.1, 0.15) is 15.9 Å². The quantitative estimate of drug-likeness (QED) is 0.559. The van der Waals surface area contributed by atoms with Crippen LogP contribution in [-0.2, 0) is 17.6 Å². The fourth-order valence-corrected chi connectivity index (χ4v) is 2.96. The zero-order chi connectivity index (χ0) is 19.5. The molecule has 0 radical (unpaired) electrons. The smallest absolute Gasteiger partial charge is 0.416 e. The van der Waals surface area contributed by atoms with Crippen molar-refractivity contribution in [2.24, 2.45) is 0 Å². The largest absolute Gasteiger partial charge is 0.478 e. The lowest BCUT2D eigenvalue weighted by molar-refractivity contribution is -0.137. The number of nitrogens with zero attached hydrogens (tertiary/aromatic N) is 2. The number of carboxylic acids is 1. The zero-order valence-corrected chi connectivity index (χ0v) is 15.8. The van der Waals surface area contributed by atoms with Gasteiger partial charge in [0.25, 0.3) is 0 Å². The molecule has 0 atom stereocenters. The summed E-state index contributed by atoms with van der Waals surface area (Å²) in [5.74, 6) is -1.42. The molecule has 142 valence electrons. The van der Waals surface area contributed by atoms with Gasteiger partial charge in [0.15, 0.2) is 0 Å². The van der Waals surface area contributed by atoms with Crippen LogP contribution >= 0.6 is 0 Å². The van der Waals surface area contributed by atoms with Crippen LogP contribution in [0.5, 0.6) is 0 Å². The molecule has 5 nitrogen and oxygen atoms in total. The van der Waals surface area contributed by atoms with Crippen molar-refractivity contribution in [3.8, 4) is 11.1 Å². The fraction of sp³-hybridized carbons (Fsp3) is 0.412. The summed E-state index contributed by atoms with van der Waals surface area (Å²) >= 11 is 0. The number of ether oxygens (including phenoxy) is 1. The molecule has 1 N–H and O–H groups in total. The first-order valence-corrected chi connectivity index (χ1v) is 11.7. The molecule has 0 spiro atoms. The van der Waals surface area contributed by atoms with Gasteiger partial charge in [-0.2, -0.15) is 18.3 Å². The van der Waals surface area contributed by atoms with Gasteiger partial charge in [0.1, 0.15) is 6.73 Å². The maximum Gasteiger partial charge on any atom is 0.416 e. The Morgan fingerprint density at radius 2 is 1.92 bits per heavy atom. The Morgan fingerprint density at radius 1 is 1.23 bits per heavy atom. The number of alkyl halides is 3. The molecular weight excluding hydrogens is 365 g/mol. The van der Waals surface area contributed by atoms with E-state index in [0.29, 0.717) is 18.2 Å². The summed E-state index contributed by atoms with van der Waals surface area (Å²) in [4.78, 5) is 11.1. The minimum absolute atomic E-state index is 0.144. The van der Waals surface area contributed by atoms with Crippen LogP contribution in [0.25, 0.3) is 11.1 Å². The van der Waals surface area contributed by atoms with E-state index in [0.717, 1.165) is 12.1 Å². The standard InChI is InChI=1S/C17H21F3N2O3Si/c1-26(2,3)5-4-25-11-22-10-14(9-21-22)12-6-13(16(23)24)8-15(7-12)17(18,19)20/h6-10H,4-5,11H2,1-3H3,(H,23,24).